The standard InChI is InChI=1S/C15H20BrN3/c1-10-7-12(8-11(2)15(10)16)14(17-3)9-13-5-6-19(4)18-13/h5-8,14,17H,9H2,1-4H3. The summed E-state index contributed by atoms with van der Waals surface area (Å²) in [5.74, 6) is 0. The molecule has 0 radical (unpaired) electrons. The number of aryl methyl sites for hydroxylation is 3. The van der Waals surface area contributed by atoms with Crippen LogP contribution in [0.5, 0.6) is 0 Å². The van der Waals surface area contributed by atoms with Gasteiger partial charge in [-0.1, -0.05) is 28.1 Å². The molecule has 3 nitrogen and oxygen atoms in total. The van der Waals surface area contributed by atoms with Gasteiger partial charge in [0.2, 0.25) is 0 Å². The zero-order chi connectivity index (χ0) is 14.0. The lowest BCUT2D eigenvalue weighted by molar-refractivity contribution is 0.576. The van der Waals surface area contributed by atoms with Crippen LogP contribution in [-0.2, 0) is 13.5 Å². The quantitative estimate of drug-likeness (QED) is 0.936. The summed E-state index contributed by atoms with van der Waals surface area (Å²) in [4.78, 5) is 0. The Morgan fingerprint density at radius 2 is 1.95 bits per heavy atom. The van der Waals surface area contributed by atoms with Crippen LogP contribution >= 0.6 is 15.9 Å². The maximum absolute atomic E-state index is 4.45. The van der Waals surface area contributed by atoms with E-state index in [-0.39, 0.29) is 0 Å². The molecule has 1 unspecified atom stereocenters. The number of hydrogen-bond donors (Lipinski definition) is 1. The first-order valence-corrected chi connectivity index (χ1v) is 7.23. The second-order valence-electron chi connectivity index (χ2n) is 4.99. The number of halogens is 1. The van der Waals surface area contributed by atoms with Gasteiger partial charge in [0, 0.05) is 30.2 Å². The van der Waals surface area contributed by atoms with E-state index in [0.717, 1.165) is 12.1 Å². The van der Waals surface area contributed by atoms with Gasteiger partial charge in [0.25, 0.3) is 0 Å². The van der Waals surface area contributed by atoms with Gasteiger partial charge in [-0.25, -0.2) is 0 Å². The summed E-state index contributed by atoms with van der Waals surface area (Å²) >= 11 is 3.62. The third kappa shape index (κ3) is 3.25. The molecule has 0 aliphatic carbocycles. The summed E-state index contributed by atoms with van der Waals surface area (Å²) in [5, 5.41) is 7.84. The molecule has 0 fully saturated rings. The lowest BCUT2D eigenvalue weighted by Crippen LogP contribution is -2.19. The Labute approximate surface area is 123 Å². The zero-order valence-corrected chi connectivity index (χ0v) is 13.5. The molecule has 1 atom stereocenters. The largest absolute Gasteiger partial charge is 0.313 e. The average molecular weight is 322 g/mol. The van der Waals surface area contributed by atoms with Crippen LogP contribution in [0.1, 0.15) is 28.4 Å². The second kappa shape index (κ2) is 5.88. The van der Waals surface area contributed by atoms with E-state index in [0.29, 0.717) is 6.04 Å². The highest BCUT2D eigenvalue weighted by Gasteiger charge is 2.14. The lowest BCUT2D eigenvalue weighted by Gasteiger charge is -2.18. The molecule has 2 rings (SSSR count). The molecule has 4 heteroatoms. The number of rotatable bonds is 4. The summed E-state index contributed by atoms with van der Waals surface area (Å²) < 4.78 is 3.05. The van der Waals surface area contributed by atoms with Crippen molar-refractivity contribution in [3.63, 3.8) is 0 Å². The van der Waals surface area contributed by atoms with E-state index in [9.17, 15) is 0 Å². The third-order valence-corrected chi connectivity index (χ3v) is 4.64. The van der Waals surface area contributed by atoms with Gasteiger partial charge < -0.3 is 5.32 Å². The first-order chi connectivity index (χ1) is 9.01. The minimum atomic E-state index is 0.292. The molecule has 1 N–H and O–H groups in total. The van der Waals surface area contributed by atoms with E-state index in [1.807, 2.05) is 25.0 Å². The van der Waals surface area contributed by atoms with Crippen molar-refractivity contribution in [1.82, 2.24) is 15.1 Å². The molecular weight excluding hydrogens is 302 g/mol. The molecule has 0 saturated heterocycles. The first kappa shape index (κ1) is 14.3. The van der Waals surface area contributed by atoms with Gasteiger partial charge >= 0.3 is 0 Å². The Balaban J connectivity index is 2.27. The van der Waals surface area contributed by atoms with Crippen LogP contribution in [0.15, 0.2) is 28.9 Å². The Kier molecular flexibility index (Phi) is 4.42. The van der Waals surface area contributed by atoms with Gasteiger partial charge in [0.05, 0.1) is 5.69 Å². The maximum Gasteiger partial charge on any atom is 0.0643 e. The monoisotopic (exact) mass is 321 g/mol. The van der Waals surface area contributed by atoms with Crippen molar-refractivity contribution in [3.8, 4) is 0 Å². The number of hydrogen-bond acceptors (Lipinski definition) is 2. The Morgan fingerprint density at radius 1 is 1.32 bits per heavy atom. The Bertz CT molecular complexity index is 552. The molecular formula is C15H20BrN3. The fourth-order valence-electron chi connectivity index (χ4n) is 2.35. The van der Waals surface area contributed by atoms with E-state index in [1.54, 1.807) is 0 Å². The van der Waals surface area contributed by atoms with Crippen molar-refractivity contribution in [1.29, 1.82) is 0 Å². The molecule has 0 aliphatic heterocycles. The van der Waals surface area contributed by atoms with Crippen molar-refractivity contribution >= 4 is 15.9 Å². The molecule has 0 spiro atoms. The van der Waals surface area contributed by atoms with Crippen molar-refractivity contribution < 1.29 is 0 Å². The topological polar surface area (TPSA) is 29.9 Å². The highest BCUT2D eigenvalue weighted by molar-refractivity contribution is 9.10. The molecule has 0 aliphatic rings. The van der Waals surface area contributed by atoms with Gasteiger partial charge in [-0.2, -0.15) is 5.10 Å². The van der Waals surface area contributed by atoms with Crippen molar-refractivity contribution in [2.24, 2.45) is 7.05 Å². The molecule has 102 valence electrons. The number of nitrogens with one attached hydrogen (secondary N) is 1. The van der Waals surface area contributed by atoms with Gasteiger partial charge in [-0.3, -0.25) is 4.68 Å². The molecule has 1 aromatic heterocycles. The van der Waals surface area contributed by atoms with E-state index < -0.39 is 0 Å². The van der Waals surface area contributed by atoms with E-state index >= 15 is 0 Å². The van der Waals surface area contributed by atoms with Crippen LogP contribution < -0.4 is 5.32 Å². The summed E-state index contributed by atoms with van der Waals surface area (Å²) in [7, 11) is 3.95. The van der Waals surface area contributed by atoms with E-state index in [2.05, 4.69) is 58.4 Å². The average Bonchev–Trinajstić information content (AvgIpc) is 2.78. The predicted octanol–water partition coefficient (Wildman–Crippen LogP) is 3.30. The minimum Gasteiger partial charge on any atom is -0.313 e. The lowest BCUT2D eigenvalue weighted by atomic mass is 9.98. The van der Waals surface area contributed by atoms with Crippen LogP contribution in [0, 0.1) is 13.8 Å². The van der Waals surface area contributed by atoms with Crippen LogP contribution in [-0.4, -0.2) is 16.8 Å². The summed E-state index contributed by atoms with van der Waals surface area (Å²) in [6.07, 6.45) is 2.89. The summed E-state index contributed by atoms with van der Waals surface area (Å²) in [6, 6.07) is 6.84. The number of aromatic nitrogens is 2. The smallest absolute Gasteiger partial charge is 0.0643 e. The Morgan fingerprint density at radius 3 is 2.42 bits per heavy atom. The fourth-order valence-corrected chi connectivity index (χ4v) is 2.58. The van der Waals surface area contributed by atoms with Crippen LogP contribution in [0.3, 0.4) is 0 Å². The highest BCUT2D eigenvalue weighted by atomic mass is 79.9. The van der Waals surface area contributed by atoms with Crippen molar-refractivity contribution in [2.75, 3.05) is 7.05 Å². The zero-order valence-electron chi connectivity index (χ0n) is 11.9. The molecule has 0 amide bonds. The van der Waals surface area contributed by atoms with E-state index in [4.69, 9.17) is 0 Å². The molecule has 2 aromatic rings. The number of likely N-dealkylation sites (N-methyl/N-ethyl adjacent to an activating group) is 1. The highest BCUT2D eigenvalue weighted by Crippen LogP contribution is 2.26. The van der Waals surface area contributed by atoms with Crippen molar-refractivity contribution in [2.45, 2.75) is 26.3 Å². The molecule has 0 bridgehead atoms. The van der Waals surface area contributed by atoms with Gasteiger partial charge in [0.15, 0.2) is 0 Å². The molecule has 1 heterocycles. The summed E-state index contributed by atoms with van der Waals surface area (Å²) in [6.45, 7) is 4.27. The first-order valence-electron chi connectivity index (χ1n) is 6.43. The van der Waals surface area contributed by atoms with Crippen LogP contribution in [0.2, 0.25) is 0 Å². The van der Waals surface area contributed by atoms with E-state index in [1.165, 1.54) is 21.2 Å². The van der Waals surface area contributed by atoms with Crippen LogP contribution in [0.25, 0.3) is 0 Å². The number of nitrogens with zero attached hydrogens (tertiary/aromatic N) is 2. The maximum atomic E-state index is 4.45. The number of benzene rings is 1. The van der Waals surface area contributed by atoms with Gasteiger partial charge in [-0.15, -0.1) is 0 Å². The SMILES string of the molecule is CNC(Cc1ccn(C)n1)c1cc(C)c(Br)c(C)c1. The fraction of sp³-hybridized carbons (Fsp3) is 0.400. The van der Waals surface area contributed by atoms with Gasteiger partial charge in [-0.05, 0) is 43.7 Å². The molecule has 19 heavy (non-hydrogen) atoms. The molecule has 0 saturated carbocycles. The van der Waals surface area contributed by atoms with Crippen molar-refractivity contribution in [3.05, 3.63) is 51.3 Å². The van der Waals surface area contributed by atoms with Gasteiger partial charge in [0.1, 0.15) is 0 Å². The predicted molar refractivity (Wildman–Crippen MR) is 82.3 cm³/mol. The minimum absolute atomic E-state index is 0.292. The molecule has 1 aromatic carbocycles. The Hall–Kier alpha value is -1.13. The third-order valence-electron chi connectivity index (χ3n) is 3.39. The van der Waals surface area contributed by atoms with Crippen LogP contribution in [0.4, 0.5) is 0 Å². The second-order valence-corrected chi connectivity index (χ2v) is 5.79. The summed E-state index contributed by atoms with van der Waals surface area (Å²) in [5.41, 5.74) is 4.97. The normalized spacial score (nSPS) is 12.7.